The third-order valence-electron chi connectivity index (χ3n) is 5.00. The number of nitrogens with one attached hydrogen (secondary N) is 2. The summed E-state index contributed by atoms with van der Waals surface area (Å²) in [5, 5.41) is 21.9. The molecular weight excluding hydrogens is 527 g/mol. The summed E-state index contributed by atoms with van der Waals surface area (Å²) in [7, 11) is 0. The van der Waals surface area contributed by atoms with Gasteiger partial charge in [-0.3, -0.25) is 4.79 Å². The predicted octanol–water partition coefficient (Wildman–Crippen LogP) is 4.73. The van der Waals surface area contributed by atoms with Gasteiger partial charge in [0.1, 0.15) is 11.5 Å². The van der Waals surface area contributed by atoms with Crippen LogP contribution in [0.15, 0.2) is 39.5 Å². The van der Waals surface area contributed by atoms with Crippen LogP contribution in [-0.4, -0.2) is 44.9 Å². The van der Waals surface area contributed by atoms with Crippen LogP contribution in [-0.2, 0) is 4.79 Å². The number of carboxylic acid groups (broad SMARTS) is 1. The minimum Gasteiger partial charge on any atom is -0.475 e. The van der Waals surface area contributed by atoms with Gasteiger partial charge in [-0.05, 0) is 53.0 Å². The monoisotopic (exact) mass is 547 g/mol. The molecule has 4 rings (SSSR count). The number of carbonyl (C=O) groups excluding carboxylic acids is 1. The molecule has 1 aliphatic carbocycles. The molecule has 8 nitrogen and oxygen atoms in total. The molecule has 5 N–H and O–H groups in total. The van der Waals surface area contributed by atoms with Crippen LogP contribution in [0, 0.1) is 0 Å². The maximum Gasteiger partial charge on any atom is 0.490 e. The molecule has 0 bridgehead atoms. The highest BCUT2D eigenvalue weighted by atomic mass is 79.9. The van der Waals surface area contributed by atoms with E-state index in [4.69, 9.17) is 15.6 Å². The molecule has 0 spiro atoms. The number of aliphatic carboxylic acids is 1. The zero-order valence-electron chi connectivity index (χ0n) is 17.1. The van der Waals surface area contributed by atoms with Gasteiger partial charge in [-0.2, -0.15) is 13.2 Å². The number of thiophene rings is 1. The van der Waals surface area contributed by atoms with E-state index in [1.54, 1.807) is 10.6 Å². The van der Waals surface area contributed by atoms with Crippen molar-refractivity contribution in [3.05, 3.63) is 45.2 Å². The Bertz CT molecular complexity index is 1130. The van der Waals surface area contributed by atoms with Crippen LogP contribution >= 0.6 is 27.3 Å². The molecule has 2 atom stereocenters. The molecule has 3 aromatic rings. The summed E-state index contributed by atoms with van der Waals surface area (Å²) in [6, 6.07) is 7.94. The number of nitrogens with zero attached hydrogens (tertiary/aromatic N) is 2. The van der Waals surface area contributed by atoms with E-state index in [0.717, 1.165) is 34.3 Å². The van der Waals surface area contributed by atoms with Crippen LogP contribution in [0.3, 0.4) is 0 Å². The van der Waals surface area contributed by atoms with Crippen molar-refractivity contribution in [1.29, 1.82) is 0 Å². The van der Waals surface area contributed by atoms with E-state index in [1.807, 2.05) is 29.0 Å². The molecule has 1 aliphatic rings. The highest BCUT2D eigenvalue weighted by Crippen LogP contribution is 2.27. The number of fused-ring (bicyclic) bond motifs is 1. The van der Waals surface area contributed by atoms with Crippen molar-refractivity contribution < 1.29 is 27.9 Å². The zero-order valence-corrected chi connectivity index (χ0v) is 19.5. The number of nitrogens with two attached hydrogens (primary N) is 1. The summed E-state index contributed by atoms with van der Waals surface area (Å²) in [4.78, 5) is 21.6. The van der Waals surface area contributed by atoms with Gasteiger partial charge in [0.15, 0.2) is 0 Å². The second kappa shape index (κ2) is 10.5. The van der Waals surface area contributed by atoms with E-state index in [1.165, 1.54) is 24.2 Å². The number of carbonyl (C=O) groups is 2. The van der Waals surface area contributed by atoms with Gasteiger partial charge in [0, 0.05) is 22.8 Å². The molecule has 0 aliphatic heterocycles. The van der Waals surface area contributed by atoms with Crippen LogP contribution in [0.4, 0.5) is 24.7 Å². The van der Waals surface area contributed by atoms with E-state index >= 15 is 0 Å². The minimum absolute atomic E-state index is 0.143. The smallest absolute Gasteiger partial charge is 0.475 e. The molecular formula is C20H21BrF3N5O3S. The van der Waals surface area contributed by atoms with Gasteiger partial charge >= 0.3 is 12.1 Å². The fourth-order valence-electron chi connectivity index (χ4n) is 3.32. The number of alkyl halides is 3. The lowest BCUT2D eigenvalue weighted by atomic mass is 9.91. The number of hydrogen-bond donors (Lipinski definition) is 4. The molecule has 1 saturated carbocycles. The van der Waals surface area contributed by atoms with E-state index in [-0.39, 0.29) is 18.0 Å². The third kappa shape index (κ3) is 6.45. The lowest BCUT2D eigenvalue weighted by Gasteiger charge is -2.29. The quantitative estimate of drug-likeness (QED) is 0.374. The average Bonchev–Trinajstić information content (AvgIpc) is 3.35. The van der Waals surface area contributed by atoms with Crippen molar-refractivity contribution in [3.8, 4) is 0 Å². The van der Waals surface area contributed by atoms with Gasteiger partial charge in [-0.25, -0.2) is 9.31 Å². The molecule has 178 valence electrons. The van der Waals surface area contributed by atoms with Crippen molar-refractivity contribution in [2.45, 2.75) is 43.9 Å². The predicted molar refractivity (Wildman–Crippen MR) is 123 cm³/mol. The Kier molecular flexibility index (Phi) is 7.97. The first-order chi connectivity index (χ1) is 15.6. The van der Waals surface area contributed by atoms with E-state index in [0.29, 0.717) is 5.69 Å². The molecule has 0 unspecified atom stereocenters. The molecule has 1 fully saturated rings. The molecule has 13 heteroatoms. The van der Waals surface area contributed by atoms with Crippen LogP contribution in [0.5, 0.6) is 0 Å². The van der Waals surface area contributed by atoms with Gasteiger partial charge in [0.05, 0.1) is 15.7 Å². The molecule has 33 heavy (non-hydrogen) atoms. The normalized spacial score (nSPS) is 18.3. The molecule has 1 amide bonds. The van der Waals surface area contributed by atoms with Gasteiger partial charge in [0.2, 0.25) is 0 Å². The van der Waals surface area contributed by atoms with Crippen molar-refractivity contribution in [2.75, 3.05) is 10.6 Å². The fourth-order valence-corrected chi connectivity index (χ4v) is 4.65. The van der Waals surface area contributed by atoms with Gasteiger partial charge in [-0.1, -0.05) is 12.8 Å². The Hall–Kier alpha value is -2.64. The highest BCUT2D eigenvalue weighted by Gasteiger charge is 2.38. The van der Waals surface area contributed by atoms with Gasteiger partial charge < -0.3 is 21.5 Å². The standard InChI is InChI=1S/C18H20BrN5OS.C2HF3O2/c19-12-9-26-10-15(12)22-18(25)16-7-5-11-6-8-17(23-24(11)16)21-14-4-2-1-3-13(14)20;3-2(4,5)1(6)7/h5-10,13-14H,1-4,20H2,(H,21,23)(H,22,25);(H,6,7)/t13-,14+;/m0./s1. The van der Waals surface area contributed by atoms with E-state index in [9.17, 15) is 18.0 Å². The summed E-state index contributed by atoms with van der Waals surface area (Å²) >= 11 is 4.96. The molecule has 3 aromatic heterocycles. The lowest BCUT2D eigenvalue weighted by molar-refractivity contribution is -0.192. The van der Waals surface area contributed by atoms with Crippen LogP contribution in [0.25, 0.3) is 5.52 Å². The maximum absolute atomic E-state index is 12.7. The SMILES string of the molecule is N[C@H]1CCCC[C@H]1Nc1ccc2ccc(C(=O)Nc3cscc3Br)n2n1.O=C(O)C(F)(F)F. The lowest BCUT2D eigenvalue weighted by Crippen LogP contribution is -2.42. The van der Waals surface area contributed by atoms with Crippen LogP contribution in [0.1, 0.15) is 36.2 Å². The second-order valence-electron chi connectivity index (χ2n) is 7.36. The minimum atomic E-state index is -5.08. The highest BCUT2D eigenvalue weighted by molar-refractivity contribution is 9.10. The first kappa shape index (κ1) is 25.0. The average molecular weight is 548 g/mol. The Morgan fingerprint density at radius 3 is 2.45 bits per heavy atom. The van der Waals surface area contributed by atoms with Gasteiger partial charge in [-0.15, -0.1) is 16.4 Å². The topological polar surface area (TPSA) is 122 Å². The third-order valence-corrected chi connectivity index (χ3v) is 6.70. The van der Waals surface area contributed by atoms with E-state index < -0.39 is 12.1 Å². The summed E-state index contributed by atoms with van der Waals surface area (Å²) in [6.07, 6.45) is -0.634. The summed E-state index contributed by atoms with van der Waals surface area (Å²) in [6.45, 7) is 0. The Balaban J connectivity index is 0.000000383. The fraction of sp³-hybridized carbons (Fsp3) is 0.350. The van der Waals surface area contributed by atoms with Gasteiger partial charge in [0.25, 0.3) is 5.91 Å². The van der Waals surface area contributed by atoms with Crippen LogP contribution in [0.2, 0.25) is 0 Å². The first-order valence-corrected chi connectivity index (χ1v) is 11.6. The van der Waals surface area contributed by atoms with Crippen molar-refractivity contribution in [3.63, 3.8) is 0 Å². The van der Waals surface area contributed by atoms with Crippen molar-refractivity contribution >= 4 is 56.2 Å². The summed E-state index contributed by atoms with van der Waals surface area (Å²) in [5.74, 6) is -2.21. The Labute approximate surface area is 199 Å². The number of rotatable bonds is 4. The number of hydrogen-bond acceptors (Lipinski definition) is 6. The zero-order chi connectivity index (χ0) is 24.2. The Morgan fingerprint density at radius 2 is 1.85 bits per heavy atom. The maximum atomic E-state index is 12.7. The number of carboxylic acids is 1. The second-order valence-corrected chi connectivity index (χ2v) is 8.96. The molecule has 0 saturated heterocycles. The van der Waals surface area contributed by atoms with Crippen LogP contribution < -0.4 is 16.4 Å². The largest absolute Gasteiger partial charge is 0.490 e. The first-order valence-electron chi connectivity index (χ1n) is 9.90. The summed E-state index contributed by atoms with van der Waals surface area (Å²) in [5.41, 5.74) is 8.35. The molecule has 0 aromatic carbocycles. The number of aromatic nitrogens is 2. The number of anilines is 2. The molecule has 3 heterocycles. The number of halogens is 4. The number of amides is 1. The molecule has 0 radical (unpaired) electrons. The van der Waals surface area contributed by atoms with Crippen molar-refractivity contribution in [1.82, 2.24) is 9.61 Å². The Morgan fingerprint density at radius 1 is 1.18 bits per heavy atom. The van der Waals surface area contributed by atoms with E-state index in [2.05, 4.69) is 31.7 Å². The summed E-state index contributed by atoms with van der Waals surface area (Å²) < 4.78 is 34.3. The van der Waals surface area contributed by atoms with Crippen molar-refractivity contribution in [2.24, 2.45) is 5.73 Å².